The highest BCUT2D eigenvalue weighted by Crippen LogP contribution is 2.46. The first kappa shape index (κ1) is 30.5. The second-order valence-electron chi connectivity index (χ2n) is 11.6. The van der Waals surface area contributed by atoms with E-state index in [4.69, 9.17) is 0 Å². The normalized spacial score (nSPS) is 11.7. The minimum atomic E-state index is -1.08. The molecule has 48 heavy (non-hydrogen) atoms. The number of benzene rings is 6. The maximum absolute atomic E-state index is 11.3. The third-order valence-electron chi connectivity index (χ3n) is 8.90. The van der Waals surface area contributed by atoms with Crippen LogP contribution >= 0.6 is 15.8 Å². The van der Waals surface area contributed by atoms with Gasteiger partial charge in [0.1, 0.15) is 13.5 Å². The van der Waals surface area contributed by atoms with E-state index < -0.39 is 15.8 Å². The van der Waals surface area contributed by atoms with E-state index in [1.54, 1.807) is 0 Å². The fraction of sp³-hybridized carbons (Fsp3) is 0.0476. The molecule has 2 heterocycles. The molecule has 0 spiro atoms. The van der Waals surface area contributed by atoms with Crippen molar-refractivity contribution in [3.8, 4) is 11.4 Å². The second kappa shape index (κ2) is 13.4. The summed E-state index contributed by atoms with van der Waals surface area (Å²) in [7, 11) is -2.16. The Kier molecular flexibility index (Phi) is 8.49. The van der Waals surface area contributed by atoms with Crippen LogP contribution < -0.4 is 31.8 Å². The number of aliphatic hydroxyl groups is 2. The van der Waals surface area contributed by atoms with Gasteiger partial charge in [0.25, 0.3) is 0 Å². The summed E-state index contributed by atoms with van der Waals surface area (Å²) in [5, 5.41) is 32.1. The van der Waals surface area contributed by atoms with Crippen LogP contribution in [0.2, 0.25) is 0 Å². The minimum absolute atomic E-state index is 0.205. The third-order valence-corrected chi connectivity index (χ3v) is 14.0. The van der Waals surface area contributed by atoms with Crippen molar-refractivity contribution in [2.45, 2.75) is 13.5 Å². The molecule has 8 rings (SSSR count). The van der Waals surface area contributed by atoms with E-state index in [-0.39, 0.29) is 13.5 Å². The number of hydrogen-bond donors (Lipinski definition) is 2. The molecule has 0 saturated carbocycles. The number of aliphatic hydroxyl groups excluding tert-OH is 2. The molecule has 0 unspecified atom stereocenters. The van der Waals surface area contributed by atoms with Crippen molar-refractivity contribution in [1.29, 1.82) is 0 Å². The van der Waals surface area contributed by atoms with E-state index in [1.807, 2.05) is 12.1 Å². The fourth-order valence-corrected chi connectivity index (χ4v) is 12.2. The highest BCUT2D eigenvalue weighted by Gasteiger charge is 2.34. The van der Waals surface area contributed by atoms with Crippen molar-refractivity contribution in [3.05, 3.63) is 170 Å². The average molecular weight is 661 g/mol. The van der Waals surface area contributed by atoms with Gasteiger partial charge in [0.2, 0.25) is 0 Å². The predicted molar refractivity (Wildman–Crippen MR) is 205 cm³/mol. The van der Waals surface area contributed by atoms with E-state index in [9.17, 15) is 10.2 Å². The molecule has 6 heteroatoms. The van der Waals surface area contributed by atoms with Crippen LogP contribution in [-0.2, 0) is 13.5 Å². The van der Waals surface area contributed by atoms with E-state index in [0.717, 1.165) is 33.2 Å². The maximum atomic E-state index is 11.3. The van der Waals surface area contributed by atoms with E-state index in [1.165, 1.54) is 31.8 Å². The van der Waals surface area contributed by atoms with Crippen molar-refractivity contribution in [2.75, 3.05) is 0 Å². The Bertz CT molecular complexity index is 2070. The number of aromatic nitrogens is 2. The Balaban J connectivity index is 1.57. The first-order valence-corrected chi connectivity index (χ1v) is 18.7. The van der Waals surface area contributed by atoms with Gasteiger partial charge in [-0.2, -0.15) is 0 Å². The van der Waals surface area contributed by atoms with E-state index in [0.29, 0.717) is 0 Å². The lowest BCUT2D eigenvalue weighted by Gasteiger charge is -2.25. The Morgan fingerprint density at radius 1 is 0.354 bits per heavy atom. The summed E-state index contributed by atoms with van der Waals surface area (Å²) < 4.78 is 4.11. The lowest BCUT2D eigenvalue weighted by atomic mass is 10.2. The van der Waals surface area contributed by atoms with E-state index >= 15 is 0 Å². The summed E-state index contributed by atoms with van der Waals surface area (Å²) >= 11 is 0. The molecular weight excluding hydrogens is 626 g/mol. The van der Waals surface area contributed by atoms with Crippen molar-refractivity contribution in [2.24, 2.45) is 0 Å². The molecule has 0 saturated heterocycles. The smallest absolute Gasteiger partial charge is 0.120 e. The predicted octanol–water partition coefficient (Wildman–Crippen LogP) is 6.68. The first-order chi connectivity index (χ1) is 23.8. The molecular formula is C42H34N2O2P2. The molecule has 0 radical (unpaired) electrons. The summed E-state index contributed by atoms with van der Waals surface area (Å²) in [4.78, 5) is 0. The molecule has 2 N–H and O–H groups in total. The Morgan fingerprint density at radius 3 is 0.917 bits per heavy atom. The van der Waals surface area contributed by atoms with Gasteiger partial charge < -0.3 is 19.3 Å². The summed E-state index contributed by atoms with van der Waals surface area (Å²) in [6, 6.07) is 59.7. The van der Waals surface area contributed by atoms with Gasteiger partial charge in [-0.25, -0.2) is 0 Å². The van der Waals surface area contributed by atoms with Crippen LogP contribution in [0.3, 0.4) is 0 Å². The standard InChI is InChI=1S/C42H34N2O2P2/c45-29-43-37-27-15-13-25-35(37)41(47(31-17-5-1-6-18-31)32-19-7-2-8-20-32)39(43)40-42(36-26-14-16-28-38(36)44(40)30-46)48(33-21-9-3-10-22-33)34-23-11-4-12-24-34/h1-28,45-46H,29-30H2. The summed E-state index contributed by atoms with van der Waals surface area (Å²) in [6.07, 6.45) is 0. The highest BCUT2D eigenvalue weighted by atomic mass is 31.1. The Morgan fingerprint density at radius 2 is 0.625 bits per heavy atom. The van der Waals surface area contributed by atoms with Crippen LogP contribution in [-0.4, -0.2) is 19.3 Å². The molecule has 8 aromatic rings. The molecule has 6 aromatic carbocycles. The van der Waals surface area contributed by atoms with Crippen LogP contribution in [0.5, 0.6) is 0 Å². The van der Waals surface area contributed by atoms with Gasteiger partial charge in [0.15, 0.2) is 0 Å². The summed E-state index contributed by atoms with van der Waals surface area (Å²) in [6.45, 7) is -0.410. The SMILES string of the molecule is OCn1c(-c2c(P(c3ccccc3)c3ccccc3)c3ccccc3n2CO)c(P(c2ccccc2)c2ccccc2)c2ccccc21. The van der Waals surface area contributed by atoms with Crippen molar-refractivity contribution >= 4 is 69.5 Å². The third kappa shape index (κ3) is 5.19. The molecule has 0 aliphatic carbocycles. The van der Waals surface area contributed by atoms with Gasteiger partial charge in [-0.1, -0.05) is 158 Å². The molecule has 0 fully saturated rings. The molecule has 0 atom stereocenters. The van der Waals surface area contributed by atoms with Crippen molar-refractivity contribution < 1.29 is 10.2 Å². The van der Waals surface area contributed by atoms with Gasteiger partial charge in [-0.3, -0.25) is 0 Å². The van der Waals surface area contributed by atoms with Gasteiger partial charge in [0, 0.05) is 21.4 Å². The molecule has 2 aromatic heterocycles. The summed E-state index contributed by atoms with van der Waals surface area (Å²) in [5.74, 6) is 0. The first-order valence-electron chi connectivity index (χ1n) is 16.0. The average Bonchev–Trinajstić information content (AvgIpc) is 3.65. The number of hydrogen-bond acceptors (Lipinski definition) is 2. The fourth-order valence-electron chi connectivity index (χ4n) is 6.92. The lowest BCUT2D eigenvalue weighted by Crippen LogP contribution is -2.27. The monoisotopic (exact) mass is 660 g/mol. The van der Waals surface area contributed by atoms with Crippen molar-refractivity contribution in [3.63, 3.8) is 0 Å². The quantitative estimate of drug-likeness (QED) is 0.170. The van der Waals surface area contributed by atoms with Crippen molar-refractivity contribution in [1.82, 2.24) is 9.13 Å². The van der Waals surface area contributed by atoms with Gasteiger partial charge >= 0.3 is 0 Å². The van der Waals surface area contributed by atoms with Gasteiger partial charge in [0.05, 0.1) is 22.4 Å². The molecule has 0 amide bonds. The zero-order valence-corrected chi connectivity index (χ0v) is 28.1. The number of rotatable bonds is 9. The highest BCUT2D eigenvalue weighted by molar-refractivity contribution is 7.81. The van der Waals surface area contributed by atoms with Crippen LogP contribution in [0, 0.1) is 0 Å². The van der Waals surface area contributed by atoms with Crippen LogP contribution in [0.4, 0.5) is 0 Å². The lowest BCUT2D eigenvalue weighted by molar-refractivity contribution is 0.211. The largest absolute Gasteiger partial charge is 0.376 e. The summed E-state index contributed by atoms with van der Waals surface area (Å²) in [5.41, 5.74) is 3.82. The maximum Gasteiger partial charge on any atom is 0.120 e. The molecule has 234 valence electrons. The zero-order valence-electron chi connectivity index (χ0n) is 26.3. The topological polar surface area (TPSA) is 50.3 Å². The van der Waals surface area contributed by atoms with Crippen LogP contribution in [0.15, 0.2) is 170 Å². The number of nitrogens with zero attached hydrogens (tertiary/aromatic N) is 2. The second-order valence-corrected chi connectivity index (χ2v) is 15.9. The Hall–Kier alpha value is -4.82. The number of fused-ring (bicyclic) bond motifs is 2. The Labute approximate surface area is 282 Å². The van der Waals surface area contributed by atoms with Gasteiger partial charge in [-0.05, 0) is 49.2 Å². The molecule has 0 bridgehead atoms. The molecule has 0 aliphatic rings. The van der Waals surface area contributed by atoms with Crippen LogP contribution in [0.1, 0.15) is 0 Å². The van der Waals surface area contributed by atoms with Gasteiger partial charge in [-0.15, -0.1) is 0 Å². The molecule has 0 aliphatic heterocycles. The molecule has 4 nitrogen and oxygen atoms in total. The number of para-hydroxylation sites is 2. The van der Waals surface area contributed by atoms with E-state index in [2.05, 4.69) is 167 Å². The van der Waals surface area contributed by atoms with Crippen LogP contribution in [0.25, 0.3) is 33.2 Å². The zero-order chi connectivity index (χ0) is 32.5. The minimum Gasteiger partial charge on any atom is -0.376 e.